The van der Waals surface area contributed by atoms with Gasteiger partial charge < -0.3 is 31.1 Å². The molecule has 89 heavy (non-hydrogen) atoms. The Hall–Kier alpha value is -10.3. The summed E-state index contributed by atoms with van der Waals surface area (Å²) in [5.41, 5.74) is 35.3. The monoisotopic (exact) mass is 1170 g/mol. The van der Waals surface area contributed by atoms with E-state index in [1.54, 1.807) is 0 Å². The number of benzene rings is 12. The van der Waals surface area contributed by atoms with Gasteiger partial charge >= 0.3 is 0 Å². The number of fused-ring (bicyclic) bond motifs is 9. The molecule has 6 nitrogen and oxygen atoms in total. The van der Waals surface area contributed by atoms with E-state index >= 15 is 0 Å². The predicted molar refractivity (Wildman–Crippen MR) is 384 cm³/mol. The summed E-state index contributed by atoms with van der Waals surface area (Å²) in [6.45, 7) is 17.1. The quantitative estimate of drug-likeness (QED) is 0.125. The van der Waals surface area contributed by atoms with Gasteiger partial charge in [0.25, 0.3) is 0 Å². The molecule has 4 aliphatic rings. The van der Waals surface area contributed by atoms with Gasteiger partial charge in [0.15, 0.2) is 0 Å². The van der Waals surface area contributed by atoms with E-state index in [4.69, 9.17) is 0 Å². The number of hydrogen-bond acceptors (Lipinski definition) is 6. The largest absolute Gasteiger partial charge is 0.356 e. The zero-order valence-corrected chi connectivity index (χ0v) is 53.7. The Morgan fingerprint density at radius 2 is 0.539 bits per heavy atom. The van der Waals surface area contributed by atoms with E-state index in [0.29, 0.717) is 0 Å². The molecule has 0 fully saturated rings. The van der Waals surface area contributed by atoms with Crippen LogP contribution in [0.25, 0.3) is 11.1 Å². The summed E-state index contributed by atoms with van der Waals surface area (Å²) in [6, 6.07) is 92.1. The molecular weight excluding hydrogens is 1100 g/mol. The van der Waals surface area contributed by atoms with Gasteiger partial charge in [-0.15, -0.1) is 0 Å². The average molecular weight is 1170 g/mol. The molecular formula is C82H76N6Si. The maximum absolute atomic E-state index is 3.53. The first-order valence-electron chi connectivity index (χ1n) is 31.1. The minimum absolute atomic E-state index is 0.300. The Labute approximate surface area is 528 Å². The van der Waals surface area contributed by atoms with E-state index < -0.39 is 0 Å². The van der Waals surface area contributed by atoms with Crippen LogP contribution in [-0.2, 0) is 12.8 Å². The summed E-state index contributed by atoms with van der Waals surface area (Å²) in [6.07, 6.45) is 1.96. The maximum Gasteiger partial charge on any atom is 0.0929 e. The van der Waals surface area contributed by atoms with Crippen LogP contribution in [0.1, 0.15) is 66.8 Å². The van der Waals surface area contributed by atoms with E-state index in [9.17, 15) is 0 Å². The highest BCUT2D eigenvalue weighted by molar-refractivity contribution is 6.71. The van der Waals surface area contributed by atoms with Crippen molar-refractivity contribution in [2.75, 3.05) is 31.1 Å². The Balaban J connectivity index is 0.000000124. The van der Waals surface area contributed by atoms with Crippen molar-refractivity contribution in [3.8, 4) is 11.1 Å². The molecule has 0 amide bonds. The molecule has 12 aromatic rings. The molecule has 4 N–H and O–H groups in total. The molecule has 3 heterocycles. The molecule has 0 atom stereocenters. The fourth-order valence-electron chi connectivity index (χ4n) is 12.6. The van der Waals surface area contributed by atoms with Crippen LogP contribution < -0.4 is 41.4 Å². The van der Waals surface area contributed by atoms with Crippen molar-refractivity contribution >= 4 is 99.5 Å². The Morgan fingerprint density at radius 1 is 0.236 bits per heavy atom. The minimum Gasteiger partial charge on any atom is -0.356 e. The lowest BCUT2D eigenvalue weighted by molar-refractivity contribution is 1.14. The van der Waals surface area contributed by atoms with Crippen LogP contribution >= 0.6 is 0 Å². The zero-order valence-electron chi connectivity index (χ0n) is 52.3. The Kier molecular flexibility index (Phi) is 16.3. The first-order chi connectivity index (χ1) is 43.3. The number of rotatable bonds is 6. The van der Waals surface area contributed by atoms with Gasteiger partial charge in [0.2, 0.25) is 0 Å². The molecule has 12 aromatic carbocycles. The number of anilines is 14. The third kappa shape index (κ3) is 12.9. The van der Waals surface area contributed by atoms with Gasteiger partial charge in [-0.2, -0.15) is 0 Å². The van der Waals surface area contributed by atoms with Crippen LogP contribution in [0.2, 0.25) is 0 Å². The second-order valence-electron chi connectivity index (χ2n) is 24.5. The smallest absolute Gasteiger partial charge is 0.0929 e. The van der Waals surface area contributed by atoms with Gasteiger partial charge in [0.1, 0.15) is 0 Å². The molecule has 16 rings (SSSR count). The SMILES string of the molecule is Cc1ccc(N(c2ccccc2)c2ccc3c(c2)Cc2cc(N(c4ccccc4)c4ccc(C)cc4)ccc2-3)cc1.Cc1ccc2c(c1)Cc1cc(C)ccc1N2.Cc1ccc2c(c1)Nc1cc(C)ccc1N2.Cc1ccc2c(c1)[SiH2]c1cc(C)ccc1N2. The van der Waals surface area contributed by atoms with Gasteiger partial charge in [0.05, 0.1) is 32.3 Å². The van der Waals surface area contributed by atoms with Crippen molar-refractivity contribution in [1.29, 1.82) is 0 Å². The highest BCUT2D eigenvalue weighted by Crippen LogP contribution is 2.45. The maximum atomic E-state index is 3.53. The van der Waals surface area contributed by atoms with Crippen LogP contribution in [0, 0.1) is 55.4 Å². The molecule has 0 radical (unpaired) electrons. The molecule has 0 bridgehead atoms. The second-order valence-corrected chi connectivity index (χ2v) is 26.3. The van der Waals surface area contributed by atoms with Crippen molar-refractivity contribution in [1.82, 2.24) is 0 Å². The summed E-state index contributed by atoms with van der Waals surface area (Å²) >= 11 is 0. The highest BCUT2D eigenvalue weighted by Gasteiger charge is 2.24. The van der Waals surface area contributed by atoms with Crippen molar-refractivity contribution in [2.45, 2.75) is 68.2 Å². The second kappa shape index (κ2) is 25.2. The van der Waals surface area contributed by atoms with Crippen molar-refractivity contribution in [3.63, 3.8) is 0 Å². The number of nitrogens with zero attached hydrogens (tertiary/aromatic N) is 2. The van der Waals surface area contributed by atoms with Crippen molar-refractivity contribution in [3.05, 3.63) is 322 Å². The molecule has 0 saturated carbocycles. The van der Waals surface area contributed by atoms with Gasteiger partial charge in [0, 0.05) is 63.3 Å². The third-order valence-electron chi connectivity index (χ3n) is 17.2. The van der Waals surface area contributed by atoms with Gasteiger partial charge in [-0.25, -0.2) is 0 Å². The first-order valence-corrected chi connectivity index (χ1v) is 32.5. The van der Waals surface area contributed by atoms with E-state index in [1.165, 1.54) is 122 Å². The molecule has 0 unspecified atom stereocenters. The third-order valence-corrected chi connectivity index (χ3v) is 19.1. The molecule has 438 valence electrons. The molecule has 0 aromatic heterocycles. The van der Waals surface area contributed by atoms with E-state index in [0.717, 1.165) is 58.3 Å². The van der Waals surface area contributed by atoms with Crippen LogP contribution in [0.15, 0.2) is 255 Å². The molecule has 0 spiro atoms. The molecule has 0 saturated heterocycles. The zero-order chi connectivity index (χ0) is 61.1. The average Bonchev–Trinajstić information content (AvgIpc) is 2.17. The Bertz CT molecular complexity index is 4030. The lowest BCUT2D eigenvalue weighted by Gasteiger charge is -2.26. The van der Waals surface area contributed by atoms with Crippen LogP contribution in [0.3, 0.4) is 0 Å². The minimum atomic E-state index is -0.300. The van der Waals surface area contributed by atoms with Gasteiger partial charge in [-0.3, -0.25) is 0 Å². The highest BCUT2D eigenvalue weighted by atomic mass is 28.2. The fourth-order valence-corrected chi connectivity index (χ4v) is 14.6. The summed E-state index contributed by atoms with van der Waals surface area (Å²) in [4.78, 5) is 4.70. The molecule has 1 aliphatic carbocycles. The van der Waals surface area contributed by atoms with Crippen LogP contribution in [0.4, 0.5) is 79.6 Å². The predicted octanol–water partition coefficient (Wildman–Crippen LogP) is 20.3. The summed E-state index contributed by atoms with van der Waals surface area (Å²) in [5, 5.41) is 17.0. The lowest BCUT2D eigenvalue weighted by atomic mass is 9.95. The summed E-state index contributed by atoms with van der Waals surface area (Å²) in [5.74, 6) is 0. The normalized spacial score (nSPS) is 12.0. The molecule has 3 aliphatic heterocycles. The van der Waals surface area contributed by atoms with Gasteiger partial charge in [-0.05, 0) is 238 Å². The summed E-state index contributed by atoms with van der Waals surface area (Å²) in [7, 11) is -0.300. The Morgan fingerprint density at radius 3 is 0.966 bits per heavy atom. The number of aryl methyl sites for hydroxylation is 8. The van der Waals surface area contributed by atoms with Crippen LogP contribution in [-0.4, -0.2) is 9.52 Å². The number of hydrogen-bond donors (Lipinski definition) is 4. The van der Waals surface area contributed by atoms with Crippen molar-refractivity contribution in [2.24, 2.45) is 0 Å². The topological polar surface area (TPSA) is 54.6 Å². The lowest BCUT2D eigenvalue weighted by Crippen LogP contribution is -2.35. The van der Waals surface area contributed by atoms with E-state index in [-0.39, 0.29) is 9.52 Å². The fraction of sp³-hybridized carbons (Fsp3) is 0.122. The summed E-state index contributed by atoms with van der Waals surface area (Å²) < 4.78 is 0. The number of para-hydroxylation sites is 2. The van der Waals surface area contributed by atoms with Crippen molar-refractivity contribution < 1.29 is 0 Å². The molecule has 7 heteroatoms. The number of nitrogens with one attached hydrogen (secondary N) is 4. The van der Waals surface area contributed by atoms with E-state index in [2.05, 4.69) is 341 Å². The standard InChI is InChI=1S/C39H32N2.C15H15N.C14H14N2.C14H15NSi/c1-28-13-17-34(18-14-28)40(32-9-5-3-6-10-32)36-21-23-38-30(26-36)25-31-27-37(22-24-39(31)38)41(33-11-7-4-8-12-33)35-19-15-29(2)16-20-35;1-10-3-5-14-12(7-10)9-13-8-11(2)4-6-15(13)16-14;2*1-9-3-5-11-13(7-9)16-14-8-10(2)4-6-12(14)15-11/h3-24,26-27H,25H2,1-2H3;3-8,16H,9H2,1-2H3;3-8,15-16H,1-2H3;3-8,15H,16H2,1-2H3. The van der Waals surface area contributed by atoms with Crippen LogP contribution in [0.5, 0.6) is 0 Å². The van der Waals surface area contributed by atoms with E-state index in [1.807, 2.05) is 0 Å². The van der Waals surface area contributed by atoms with Gasteiger partial charge in [-0.1, -0.05) is 167 Å². The first kappa shape index (κ1) is 57.7.